The molecule has 0 unspecified atom stereocenters. The second kappa shape index (κ2) is 8.18. The first kappa shape index (κ1) is 20.1. The third kappa shape index (κ3) is 5.01. The average molecular weight is 401 g/mol. The summed E-state index contributed by atoms with van der Waals surface area (Å²) in [5, 5.41) is 7.19. The van der Waals surface area contributed by atoms with E-state index >= 15 is 0 Å². The molecule has 3 aromatic rings. The normalized spacial score (nSPS) is 11.6. The van der Waals surface area contributed by atoms with Crippen LogP contribution in [0.2, 0.25) is 0 Å². The topological polar surface area (TPSA) is 94.1 Å². The number of thioether (sulfide) groups is 1. The second-order valence-electron chi connectivity index (χ2n) is 7.53. The van der Waals surface area contributed by atoms with Gasteiger partial charge in [0.05, 0.1) is 18.0 Å². The van der Waals surface area contributed by atoms with E-state index in [-0.39, 0.29) is 23.6 Å². The smallest absolute Gasteiger partial charge is 0.257 e. The first-order chi connectivity index (χ1) is 13.2. The van der Waals surface area contributed by atoms with Crippen LogP contribution in [0.1, 0.15) is 43.6 Å². The Kier molecular flexibility index (Phi) is 5.88. The van der Waals surface area contributed by atoms with E-state index in [1.54, 1.807) is 0 Å². The Labute approximate surface area is 168 Å². The number of amides is 1. The van der Waals surface area contributed by atoms with Crippen molar-refractivity contribution in [3.05, 3.63) is 47.1 Å². The van der Waals surface area contributed by atoms with Gasteiger partial charge in [0.1, 0.15) is 5.76 Å². The van der Waals surface area contributed by atoms with Gasteiger partial charge in [-0.25, -0.2) is 4.98 Å². The number of aromatic nitrogens is 3. The maximum Gasteiger partial charge on any atom is 0.257 e. The van der Waals surface area contributed by atoms with E-state index in [4.69, 9.17) is 8.94 Å². The van der Waals surface area contributed by atoms with E-state index in [0.717, 1.165) is 17.0 Å². The van der Waals surface area contributed by atoms with Crippen LogP contribution >= 0.6 is 11.8 Å². The van der Waals surface area contributed by atoms with Gasteiger partial charge in [-0.15, -0.1) is 0 Å². The highest BCUT2D eigenvalue weighted by molar-refractivity contribution is 7.99. The van der Waals surface area contributed by atoms with Crippen molar-refractivity contribution < 1.29 is 13.7 Å². The van der Waals surface area contributed by atoms with Crippen LogP contribution in [0, 0.1) is 13.8 Å². The summed E-state index contributed by atoms with van der Waals surface area (Å²) in [7, 11) is 0. The van der Waals surface area contributed by atoms with Gasteiger partial charge in [0.15, 0.2) is 5.82 Å². The predicted molar refractivity (Wildman–Crippen MR) is 107 cm³/mol. The molecule has 2 heterocycles. The van der Waals surface area contributed by atoms with E-state index < -0.39 is 0 Å². The third-order valence-corrected chi connectivity index (χ3v) is 5.07. The molecule has 0 fully saturated rings. The molecule has 0 atom stereocenters. The van der Waals surface area contributed by atoms with Crippen molar-refractivity contribution in [1.29, 1.82) is 0 Å². The molecule has 0 aliphatic rings. The van der Waals surface area contributed by atoms with E-state index in [1.165, 1.54) is 17.3 Å². The highest BCUT2D eigenvalue weighted by atomic mass is 32.2. The van der Waals surface area contributed by atoms with E-state index in [2.05, 4.69) is 53.3 Å². The average Bonchev–Trinajstić information content (AvgIpc) is 3.24. The van der Waals surface area contributed by atoms with Gasteiger partial charge in [-0.1, -0.05) is 49.8 Å². The lowest BCUT2D eigenvalue weighted by Crippen LogP contribution is -2.25. The number of nitrogens with zero attached hydrogens (tertiary/aromatic N) is 3. The monoisotopic (exact) mass is 400 g/mol. The fourth-order valence-electron chi connectivity index (χ4n) is 2.42. The first-order valence-electron chi connectivity index (χ1n) is 8.99. The Morgan fingerprint density at radius 3 is 2.46 bits per heavy atom. The van der Waals surface area contributed by atoms with E-state index in [1.807, 2.05) is 26.0 Å². The minimum Gasteiger partial charge on any atom is -0.437 e. The SMILES string of the molecule is Cc1nc(SCC(=O)NCc2noc(-c3ccc(C(C)(C)C)cc3)n2)oc1C. The van der Waals surface area contributed by atoms with Crippen molar-refractivity contribution in [2.75, 3.05) is 5.75 Å². The maximum absolute atomic E-state index is 12.0. The Bertz CT molecular complexity index is 935. The number of benzene rings is 1. The van der Waals surface area contributed by atoms with Crippen molar-refractivity contribution in [3.63, 3.8) is 0 Å². The maximum atomic E-state index is 12.0. The summed E-state index contributed by atoms with van der Waals surface area (Å²) in [6.45, 7) is 10.4. The zero-order valence-electron chi connectivity index (χ0n) is 16.7. The molecule has 8 heteroatoms. The van der Waals surface area contributed by atoms with Crippen LogP contribution in [-0.2, 0) is 16.8 Å². The number of hydrogen-bond donors (Lipinski definition) is 1. The molecule has 3 rings (SSSR count). The molecule has 0 aliphatic carbocycles. The molecular weight excluding hydrogens is 376 g/mol. The van der Waals surface area contributed by atoms with Gasteiger partial charge < -0.3 is 14.3 Å². The fourth-order valence-corrected chi connectivity index (χ4v) is 3.16. The van der Waals surface area contributed by atoms with Gasteiger partial charge in [0.2, 0.25) is 5.91 Å². The number of hydrogen-bond acceptors (Lipinski definition) is 7. The quantitative estimate of drug-likeness (QED) is 0.624. The van der Waals surface area contributed by atoms with E-state index in [0.29, 0.717) is 16.9 Å². The summed E-state index contributed by atoms with van der Waals surface area (Å²) < 4.78 is 10.8. The molecule has 0 spiro atoms. The van der Waals surface area contributed by atoms with Crippen LogP contribution in [0.15, 0.2) is 38.4 Å². The Morgan fingerprint density at radius 1 is 1.14 bits per heavy atom. The summed E-state index contributed by atoms with van der Waals surface area (Å²) in [4.78, 5) is 20.6. The predicted octanol–water partition coefficient (Wildman–Crippen LogP) is 4.05. The minimum atomic E-state index is -0.153. The molecule has 148 valence electrons. The number of aryl methyl sites for hydroxylation is 2. The van der Waals surface area contributed by atoms with Crippen LogP contribution < -0.4 is 5.32 Å². The van der Waals surface area contributed by atoms with Crippen LogP contribution in [0.25, 0.3) is 11.5 Å². The second-order valence-corrected chi connectivity index (χ2v) is 8.46. The third-order valence-electron chi connectivity index (χ3n) is 4.25. The molecule has 0 saturated heterocycles. The van der Waals surface area contributed by atoms with Gasteiger partial charge in [-0.05, 0) is 37.0 Å². The van der Waals surface area contributed by atoms with Crippen molar-refractivity contribution in [2.24, 2.45) is 0 Å². The van der Waals surface area contributed by atoms with Crippen LogP contribution in [0.3, 0.4) is 0 Å². The molecule has 1 N–H and O–H groups in total. The highest BCUT2D eigenvalue weighted by Crippen LogP contribution is 2.25. The zero-order valence-corrected chi connectivity index (χ0v) is 17.5. The van der Waals surface area contributed by atoms with Crippen molar-refractivity contribution in [2.45, 2.75) is 51.8 Å². The summed E-state index contributed by atoms with van der Waals surface area (Å²) in [6, 6.07) is 8.05. The summed E-state index contributed by atoms with van der Waals surface area (Å²) in [5.41, 5.74) is 3.00. The Morgan fingerprint density at radius 2 is 1.86 bits per heavy atom. The molecule has 2 aromatic heterocycles. The number of carbonyl (C=O) groups is 1. The van der Waals surface area contributed by atoms with Crippen molar-refractivity contribution in [3.8, 4) is 11.5 Å². The van der Waals surface area contributed by atoms with E-state index in [9.17, 15) is 4.79 Å². The van der Waals surface area contributed by atoms with Gasteiger partial charge >= 0.3 is 0 Å². The van der Waals surface area contributed by atoms with Crippen LogP contribution in [0.5, 0.6) is 0 Å². The van der Waals surface area contributed by atoms with Crippen molar-refractivity contribution in [1.82, 2.24) is 20.4 Å². The fraction of sp³-hybridized carbons (Fsp3) is 0.400. The lowest BCUT2D eigenvalue weighted by molar-refractivity contribution is -0.118. The lowest BCUT2D eigenvalue weighted by atomic mass is 9.87. The molecule has 1 aromatic carbocycles. The standard InChI is InChI=1S/C20H24N4O3S/c1-12-13(2)26-19(22-12)28-11-17(25)21-10-16-23-18(27-24-16)14-6-8-15(9-7-14)20(3,4)5/h6-9H,10-11H2,1-5H3,(H,21,25). The first-order valence-corrected chi connectivity index (χ1v) is 9.98. The summed E-state index contributed by atoms with van der Waals surface area (Å²) in [6.07, 6.45) is 0. The molecule has 0 bridgehead atoms. The minimum absolute atomic E-state index is 0.0867. The molecule has 0 radical (unpaired) electrons. The number of oxazole rings is 1. The molecule has 28 heavy (non-hydrogen) atoms. The molecule has 0 aliphatic heterocycles. The summed E-state index contributed by atoms with van der Waals surface area (Å²) in [5.74, 6) is 1.68. The zero-order chi connectivity index (χ0) is 20.3. The van der Waals surface area contributed by atoms with Gasteiger partial charge in [0.25, 0.3) is 11.1 Å². The number of rotatable bonds is 6. The Hall–Kier alpha value is -2.61. The van der Waals surface area contributed by atoms with Gasteiger partial charge in [-0.3, -0.25) is 4.79 Å². The van der Waals surface area contributed by atoms with Crippen LogP contribution in [-0.4, -0.2) is 26.8 Å². The lowest BCUT2D eigenvalue weighted by Gasteiger charge is -2.18. The summed E-state index contributed by atoms with van der Waals surface area (Å²) >= 11 is 1.25. The highest BCUT2D eigenvalue weighted by Gasteiger charge is 2.15. The van der Waals surface area contributed by atoms with Gasteiger partial charge in [0, 0.05) is 5.56 Å². The number of carbonyl (C=O) groups excluding carboxylic acids is 1. The van der Waals surface area contributed by atoms with Crippen LogP contribution in [0.4, 0.5) is 0 Å². The molecule has 0 saturated carbocycles. The van der Waals surface area contributed by atoms with Gasteiger partial charge in [-0.2, -0.15) is 4.98 Å². The largest absolute Gasteiger partial charge is 0.437 e. The Balaban J connectivity index is 1.52. The number of nitrogens with one attached hydrogen (secondary N) is 1. The molecular formula is C20H24N4O3S. The van der Waals surface area contributed by atoms with Crippen molar-refractivity contribution >= 4 is 17.7 Å². The molecule has 7 nitrogen and oxygen atoms in total. The molecule has 1 amide bonds.